The molecule has 0 radical (unpaired) electrons. The smallest absolute Gasteiger partial charge is 0.166 e. The summed E-state index contributed by atoms with van der Waals surface area (Å²) in [6, 6.07) is 19.3. The van der Waals surface area contributed by atoms with Gasteiger partial charge < -0.3 is 16.0 Å². The summed E-state index contributed by atoms with van der Waals surface area (Å²) in [5.41, 5.74) is 5.81. The molecule has 0 saturated carbocycles. The standard InChI is InChI=1S/C30H45N3S/c1-8-9-18-31-28(34)33-25-19-26(32-20-25)27(21-10-14-23(15-11-21)29(2,3)4)22-12-16-24(17-13-22)30(5,6)7/h10-17,25-27,32H,8-9,18-20H2,1-7H3,(H2,31,33,34)/t25-,26+/m1/s1. The van der Waals surface area contributed by atoms with E-state index in [9.17, 15) is 0 Å². The lowest BCUT2D eigenvalue weighted by Crippen LogP contribution is -2.43. The van der Waals surface area contributed by atoms with E-state index in [1.807, 2.05) is 0 Å². The Labute approximate surface area is 213 Å². The molecule has 186 valence electrons. The van der Waals surface area contributed by atoms with Gasteiger partial charge in [-0.25, -0.2) is 0 Å². The number of nitrogens with one attached hydrogen (secondary N) is 3. The number of hydrogen-bond donors (Lipinski definition) is 3. The molecule has 0 aliphatic carbocycles. The molecule has 0 bridgehead atoms. The number of unbranched alkanes of at least 4 members (excludes halogenated alkanes) is 1. The second-order valence-electron chi connectivity index (χ2n) is 11.9. The van der Waals surface area contributed by atoms with Gasteiger partial charge in [-0.05, 0) is 58.1 Å². The fourth-order valence-corrected chi connectivity index (χ4v) is 5.05. The summed E-state index contributed by atoms with van der Waals surface area (Å²) < 4.78 is 0. The zero-order valence-electron chi connectivity index (χ0n) is 22.3. The van der Waals surface area contributed by atoms with Crippen LogP contribution in [0, 0.1) is 0 Å². The fraction of sp³-hybridized carbons (Fsp3) is 0.567. The average Bonchev–Trinajstić information content (AvgIpc) is 3.21. The van der Waals surface area contributed by atoms with Crippen molar-refractivity contribution < 1.29 is 0 Å². The maximum Gasteiger partial charge on any atom is 0.166 e. The van der Waals surface area contributed by atoms with Crippen molar-refractivity contribution >= 4 is 17.3 Å². The molecular formula is C30H45N3S. The van der Waals surface area contributed by atoms with Crippen molar-refractivity contribution in [1.29, 1.82) is 0 Å². The Balaban J connectivity index is 1.82. The van der Waals surface area contributed by atoms with Gasteiger partial charge in [0, 0.05) is 31.1 Å². The summed E-state index contributed by atoms with van der Waals surface area (Å²) in [5.74, 6) is 0.302. The number of thiocarbonyl (C=S) groups is 1. The van der Waals surface area contributed by atoms with Crippen molar-refractivity contribution in [2.75, 3.05) is 13.1 Å². The molecule has 0 spiro atoms. The largest absolute Gasteiger partial charge is 0.363 e. The van der Waals surface area contributed by atoms with Crippen LogP contribution in [0.4, 0.5) is 0 Å². The molecule has 0 amide bonds. The molecule has 4 heteroatoms. The molecule has 1 aliphatic rings. The maximum absolute atomic E-state index is 5.54. The van der Waals surface area contributed by atoms with Crippen LogP contribution in [0.25, 0.3) is 0 Å². The first-order valence-corrected chi connectivity index (χ1v) is 13.4. The molecule has 3 N–H and O–H groups in total. The Morgan fingerprint density at radius 2 is 1.41 bits per heavy atom. The Kier molecular flexibility index (Phi) is 8.81. The van der Waals surface area contributed by atoms with Gasteiger partial charge in [0.2, 0.25) is 0 Å². The highest BCUT2D eigenvalue weighted by Gasteiger charge is 2.33. The summed E-state index contributed by atoms with van der Waals surface area (Å²) in [6.07, 6.45) is 3.36. The highest BCUT2D eigenvalue weighted by atomic mass is 32.1. The van der Waals surface area contributed by atoms with E-state index < -0.39 is 0 Å². The molecule has 3 nitrogen and oxygen atoms in total. The Morgan fingerprint density at radius 3 is 1.85 bits per heavy atom. The van der Waals surface area contributed by atoms with E-state index in [2.05, 4.69) is 113 Å². The quantitative estimate of drug-likeness (QED) is 0.317. The Bertz CT molecular complexity index is 862. The summed E-state index contributed by atoms with van der Waals surface area (Å²) >= 11 is 5.54. The van der Waals surface area contributed by atoms with E-state index in [0.29, 0.717) is 18.0 Å². The minimum atomic E-state index is 0.156. The lowest BCUT2D eigenvalue weighted by molar-refractivity contribution is 0.528. The molecule has 1 heterocycles. The summed E-state index contributed by atoms with van der Waals surface area (Å²) in [5, 5.41) is 11.5. The van der Waals surface area contributed by atoms with Crippen molar-refractivity contribution in [2.24, 2.45) is 0 Å². The zero-order chi connectivity index (χ0) is 24.9. The van der Waals surface area contributed by atoms with Gasteiger partial charge >= 0.3 is 0 Å². The molecular weight excluding hydrogens is 434 g/mol. The molecule has 2 aromatic rings. The highest BCUT2D eigenvalue weighted by molar-refractivity contribution is 7.80. The van der Waals surface area contributed by atoms with E-state index in [0.717, 1.165) is 31.0 Å². The van der Waals surface area contributed by atoms with Gasteiger partial charge in [0.1, 0.15) is 0 Å². The van der Waals surface area contributed by atoms with Gasteiger partial charge in [0.05, 0.1) is 0 Å². The molecule has 0 aromatic heterocycles. The van der Waals surface area contributed by atoms with Crippen LogP contribution in [0.5, 0.6) is 0 Å². The number of rotatable bonds is 7. The van der Waals surface area contributed by atoms with E-state index in [1.54, 1.807) is 0 Å². The molecule has 1 fully saturated rings. The third-order valence-corrected chi connectivity index (χ3v) is 7.25. The van der Waals surface area contributed by atoms with Crippen LogP contribution in [0.2, 0.25) is 0 Å². The van der Waals surface area contributed by atoms with Gasteiger partial charge in [-0.1, -0.05) is 103 Å². The molecule has 34 heavy (non-hydrogen) atoms. The number of benzene rings is 2. The van der Waals surface area contributed by atoms with E-state index in [-0.39, 0.29) is 10.8 Å². The molecule has 3 rings (SSSR count). The van der Waals surface area contributed by atoms with Crippen LogP contribution < -0.4 is 16.0 Å². The van der Waals surface area contributed by atoms with Gasteiger partial charge in [-0.3, -0.25) is 0 Å². The van der Waals surface area contributed by atoms with E-state index in [1.165, 1.54) is 28.7 Å². The summed E-state index contributed by atoms with van der Waals surface area (Å²) in [6.45, 7) is 17.7. The lowest BCUT2D eigenvalue weighted by Gasteiger charge is -2.28. The second kappa shape index (κ2) is 11.2. The van der Waals surface area contributed by atoms with Gasteiger partial charge in [0.15, 0.2) is 5.11 Å². The van der Waals surface area contributed by atoms with Crippen LogP contribution >= 0.6 is 12.2 Å². The topological polar surface area (TPSA) is 36.1 Å². The normalized spacial score (nSPS) is 18.8. The first-order chi connectivity index (χ1) is 16.0. The van der Waals surface area contributed by atoms with Crippen molar-refractivity contribution in [3.05, 3.63) is 70.8 Å². The van der Waals surface area contributed by atoms with Gasteiger partial charge in [-0.15, -0.1) is 0 Å². The predicted molar refractivity (Wildman–Crippen MR) is 151 cm³/mol. The second-order valence-corrected chi connectivity index (χ2v) is 12.3. The van der Waals surface area contributed by atoms with Crippen molar-refractivity contribution in [2.45, 2.75) is 96.6 Å². The average molecular weight is 480 g/mol. The van der Waals surface area contributed by atoms with Gasteiger partial charge in [0.25, 0.3) is 0 Å². The van der Waals surface area contributed by atoms with Crippen molar-refractivity contribution in [3.63, 3.8) is 0 Å². The van der Waals surface area contributed by atoms with E-state index in [4.69, 9.17) is 12.2 Å². The maximum atomic E-state index is 5.54. The minimum absolute atomic E-state index is 0.156. The predicted octanol–water partition coefficient (Wildman–Crippen LogP) is 6.41. The monoisotopic (exact) mass is 479 g/mol. The molecule has 0 unspecified atom stereocenters. The minimum Gasteiger partial charge on any atom is -0.363 e. The summed E-state index contributed by atoms with van der Waals surface area (Å²) in [4.78, 5) is 0. The van der Waals surface area contributed by atoms with Crippen LogP contribution in [0.3, 0.4) is 0 Å². The van der Waals surface area contributed by atoms with Crippen LogP contribution in [-0.4, -0.2) is 30.3 Å². The van der Waals surface area contributed by atoms with Crippen molar-refractivity contribution in [3.8, 4) is 0 Å². The van der Waals surface area contributed by atoms with Crippen LogP contribution in [-0.2, 0) is 10.8 Å². The van der Waals surface area contributed by atoms with Crippen LogP contribution in [0.15, 0.2) is 48.5 Å². The first-order valence-electron chi connectivity index (χ1n) is 13.0. The van der Waals surface area contributed by atoms with E-state index >= 15 is 0 Å². The fourth-order valence-electron chi connectivity index (χ4n) is 4.78. The SMILES string of the molecule is CCCCNC(=S)N[C@H]1CN[C@H](C(c2ccc(C(C)(C)C)cc2)c2ccc(C(C)(C)C)cc2)C1. The molecule has 1 aliphatic heterocycles. The lowest BCUT2D eigenvalue weighted by atomic mass is 9.80. The first kappa shape index (κ1) is 26.7. The molecule has 2 aromatic carbocycles. The van der Waals surface area contributed by atoms with Gasteiger partial charge in [-0.2, -0.15) is 0 Å². The van der Waals surface area contributed by atoms with Crippen molar-refractivity contribution in [1.82, 2.24) is 16.0 Å². The summed E-state index contributed by atoms with van der Waals surface area (Å²) in [7, 11) is 0. The third-order valence-electron chi connectivity index (χ3n) is 6.99. The molecule has 1 saturated heterocycles. The third kappa shape index (κ3) is 7.05. The molecule has 2 atom stereocenters. The Morgan fingerprint density at radius 1 is 0.912 bits per heavy atom. The highest BCUT2D eigenvalue weighted by Crippen LogP contribution is 2.35. The zero-order valence-corrected chi connectivity index (χ0v) is 23.1. The Hall–Kier alpha value is -1.91. The van der Waals surface area contributed by atoms with Crippen LogP contribution in [0.1, 0.15) is 95.9 Å². The number of hydrogen-bond acceptors (Lipinski definition) is 2.